The Hall–Kier alpha value is -8.40. The molecule has 0 fully saturated rings. The lowest BCUT2D eigenvalue weighted by molar-refractivity contribution is 0.670. The molecule has 0 N–H and O–H groups in total. The Morgan fingerprint density at radius 2 is 0.794 bits per heavy atom. The largest absolute Gasteiger partial charge is 0.455 e. The monoisotopic (exact) mass is 804 g/mol. The molecule has 0 saturated heterocycles. The molecule has 0 amide bonds. The first-order valence-corrected chi connectivity index (χ1v) is 21.5. The van der Waals surface area contributed by atoms with Gasteiger partial charge in [-0.05, 0) is 76.9 Å². The number of para-hydroxylation sites is 7. The van der Waals surface area contributed by atoms with Crippen LogP contribution in [0.25, 0.3) is 93.9 Å². The van der Waals surface area contributed by atoms with E-state index in [1.807, 2.05) is 6.07 Å². The zero-order valence-corrected chi connectivity index (χ0v) is 34.4. The van der Waals surface area contributed by atoms with Crippen LogP contribution in [0, 0.1) is 0 Å². The molecule has 3 heteroatoms. The molecule has 0 spiro atoms. The van der Waals surface area contributed by atoms with E-state index in [1.54, 1.807) is 0 Å². The molecule has 0 aliphatic rings. The molecular weight excluding hydrogens is 765 g/mol. The van der Waals surface area contributed by atoms with Crippen molar-refractivity contribution in [1.82, 2.24) is 4.57 Å². The quantitative estimate of drug-likeness (QED) is 0.153. The van der Waals surface area contributed by atoms with Gasteiger partial charge in [0.15, 0.2) is 0 Å². The summed E-state index contributed by atoms with van der Waals surface area (Å²) in [4.78, 5) is 2.43. The first kappa shape index (κ1) is 36.5. The van der Waals surface area contributed by atoms with E-state index in [4.69, 9.17) is 4.42 Å². The fraction of sp³-hybridized carbons (Fsp3) is 0. The Kier molecular flexibility index (Phi) is 8.83. The highest BCUT2D eigenvalue weighted by Gasteiger charge is 2.24. The minimum atomic E-state index is 0.879. The van der Waals surface area contributed by atoms with Gasteiger partial charge in [-0.3, -0.25) is 0 Å². The lowest BCUT2D eigenvalue weighted by atomic mass is 9.96. The molecule has 0 aliphatic heterocycles. The van der Waals surface area contributed by atoms with Gasteiger partial charge < -0.3 is 13.9 Å². The van der Waals surface area contributed by atoms with E-state index in [0.29, 0.717) is 0 Å². The van der Waals surface area contributed by atoms with Crippen LogP contribution in [0.2, 0.25) is 0 Å². The average Bonchev–Trinajstić information content (AvgIpc) is 3.91. The van der Waals surface area contributed by atoms with Crippen molar-refractivity contribution >= 4 is 60.8 Å². The highest BCUT2D eigenvalue weighted by molar-refractivity contribution is 6.12. The summed E-state index contributed by atoms with van der Waals surface area (Å²) in [6.45, 7) is 0. The van der Waals surface area contributed by atoms with Crippen LogP contribution in [0.4, 0.5) is 17.1 Å². The van der Waals surface area contributed by atoms with Gasteiger partial charge >= 0.3 is 0 Å². The van der Waals surface area contributed by atoms with E-state index < -0.39 is 0 Å². The van der Waals surface area contributed by atoms with Crippen LogP contribution in [-0.2, 0) is 0 Å². The molecule has 296 valence electrons. The molecular formula is C60H40N2O. The van der Waals surface area contributed by atoms with E-state index in [0.717, 1.165) is 72.5 Å². The molecule has 12 rings (SSSR count). The summed E-state index contributed by atoms with van der Waals surface area (Å²) in [6, 6.07) is 87.1. The van der Waals surface area contributed by atoms with Crippen molar-refractivity contribution in [3.63, 3.8) is 0 Å². The predicted octanol–water partition coefficient (Wildman–Crippen LogP) is 16.8. The van der Waals surface area contributed by atoms with E-state index in [-0.39, 0.29) is 0 Å². The minimum absolute atomic E-state index is 0.879. The van der Waals surface area contributed by atoms with Crippen molar-refractivity contribution in [2.24, 2.45) is 0 Å². The second-order valence-corrected chi connectivity index (χ2v) is 16.0. The van der Waals surface area contributed by atoms with Gasteiger partial charge in [-0.1, -0.05) is 188 Å². The van der Waals surface area contributed by atoms with Crippen LogP contribution in [0.15, 0.2) is 247 Å². The van der Waals surface area contributed by atoms with E-state index in [9.17, 15) is 0 Å². The maximum atomic E-state index is 6.69. The minimum Gasteiger partial charge on any atom is -0.455 e. The fourth-order valence-corrected chi connectivity index (χ4v) is 9.55. The number of nitrogens with zero attached hydrogens (tertiary/aromatic N) is 2. The Morgan fingerprint density at radius 1 is 0.317 bits per heavy atom. The van der Waals surface area contributed by atoms with E-state index >= 15 is 0 Å². The number of anilines is 3. The molecule has 2 heterocycles. The normalized spacial score (nSPS) is 11.5. The number of benzene rings is 10. The summed E-state index contributed by atoms with van der Waals surface area (Å²) in [5.41, 5.74) is 17.5. The molecule has 10 aromatic carbocycles. The average molecular weight is 805 g/mol. The van der Waals surface area contributed by atoms with Gasteiger partial charge in [-0.2, -0.15) is 0 Å². The summed E-state index contributed by atoms with van der Waals surface area (Å²) in [6.07, 6.45) is 0. The van der Waals surface area contributed by atoms with Crippen LogP contribution in [-0.4, -0.2) is 4.57 Å². The molecule has 3 nitrogen and oxygen atoms in total. The summed E-state index contributed by atoms with van der Waals surface area (Å²) in [7, 11) is 0. The van der Waals surface area contributed by atoms with Gasteiger partial charge in [0.1, 0.15) is 11.2 Å². The van der Waals surface area contributed by atoms with Crippen molar-refractivity contribution < 1.29 is 4.42 Å². The third-order valence-electron chi connectivity index (χ3n) is 12.4. The van der Waals surface area contributed by atoms with Crippen molar-refractivity contribution in [2.75, 3.05) is 4.90 Å². The summed E-state index contributed by atoms with van der Waals surface area (Å²) < 4.78 is 9.12. The lowest BCUT2D eigenvalue weighted by Crippen LogP contribution is -2.13. The van der Waals surface area contributed by atoms with Gasteiger partial charge in [0.05, 0.1) is 28.1 Å². The predicted molar refractivity (Wildman–Crippen MR) is 264 cm³/mol. The Morgan fingerprint density at radius 3 is 1.49 bits per heavy atom. The number of hydrogen-bond donors (Lipinski definition) is 0. The third kappa shape index (κ3) is 6.21. The molecule has 0 radical (unpaired) electrons. The van der Waals surface area contributed by atoms with Crippen molar-refractivity contribution in [3.8, 4) is 50.2 Å². The number of furan rings is 1. The topological polar surface area (TPSA) is 21.3 Å². The lowest BCUT2D eigenvalue weighted by Gasteiger charge is -2.30. The van der Waals surface area contributed by atoms with Gasteiger partial charge in [0.2, 0.25) is 0 Å². The maximum absolute atomic E-state index is 6.69. The Bertz CT molecular complexity index is 3580. The number of fused-ring (bicyclic) bond motifs is 6. The number of hydrogen-bond acceptors (Lipinski definition) is 2. The Labute approximate surface area is 366 Å². The van der Waals surface area contributed by atoms with Gasteiger partial charge in [-0.25, -0.2) is 0 Å². The van der Waals surface area contributed by atoms with Crippen LogP contribution in [0.5, 0.6) is 0 Å². The van der Waals surface area contributed by atoms with Crippen LogP contribution in [0.3, 0.4) is 0 Å². The summed E-state index contributed by atoms with van der Waals surface area (Å²) in [5.74, 6) is 0. The third-order valence-corrected chi connectivity index (χ3v) is 12.4. The molecule has 2 aromatic heterocycles. The molecule has 0 aliphatic carbocycles. The SMILES string of the molecule is c1ccc(-c2cccc(-c3ccc(N(c4ccccc4-c4ccccc4-n4c5ccccc5c5ccccc54)c4ccccc4-c4cccc5c4oc4ccccc45)cc3)c2)cc1. The zero-order valence-electron chi connectivity index (χ0n) is 34.4. The van der Waals surface area contributed by atoms with Crippen molar-refractivity contribution in [1.29, 1.82) is 0 Å². The van der Waals surface area contributed by atoms with Crippen LogP contribution >= 0.6 is 0 Å². The van der Waals surface area contributed by atoms with E-state index in [2.05, 4.69) is 246 Å². The molecule has 0 bridgehead atoms. The molecule has 0 saturated carbocycles. The highest BCUT2D eigenvalue weighted by atomic mass is 16.3. The second-order valence-electron chi connectivity index (χ2n) is 16.0. The van der Waals surface area contributed by atoms with Crippen molar-refractivity contribution in [2.45, 2.75) is 0 Å². The second kappa shape index (κ2) is 15.3. The maximum Gasteiger partial charge on any atom is 0.143 e. The van der Waals surface area contributed by atoms with Gasteiger partial charge in [0.25, 0.3) is 0 Å². The standard InChI is InChI=1S/C60H40N2O/c1-2-18-41(19-3-1)43-20-16-21-44(40-43)42-36-38-45(39-37-42)61(55-31-11-8-26-50(55)52-28-17-29-53-51-27-9-15-35-59(51)63-60(52)53)54-30-10-4-22-46(54)47-23-5-12-32-56(47)62-57-33-13-6-24-48(57)49-25-7-14-34-58(49)62/h1-40H. The molecule has 0 atom stereocenters. The van der Waals surface area contributed by atoms with Gasteiger partial charge in [-0.15, -0.1) is 0 Å². The number of rotatable bonds is 8. The first-order chi connectivity index (χ1) is 31.3. The summed E-state index contributed by atoms with van der Waals surface area (Å²) in [5, 5.41) is 4.69. The zero-order chi connectivity index (χ0) is 41.7. The van der Waals surface area contributed by atoms with Gasteiger partial charge in [0, 0.05) is 49.5 Å². The van der Waals surface area contributed by atoms with Crippen LogP contribution < -0.4 is 4.90 Å². The summed E-state index contributed by atoms with van der Waals surface area (Å²) >= 11 is 0. The highest BCUT2D eigenvalue weighted by Crippen LogP contribution is 2.48. The molecule has 12 aromatic rings. The molecule has 63 heavy (non-hydrogen) atoms. The Balaban J connectivity index is 1.07. The first-order valence-electron chi connectivity index (χ1n) is 21.5. The smallest absolute Gasteiger partial charge is 0.143 e. The fourth-order valence-electron chi connectivity index (χ4n) is 9.55. The van der Waals surface area contributed by atoms with E-state index in [1.165, 1.54) is 38.5 Å². The molecule has 0 unspecified atom stereocenters. The number of aromatic nitrogens is 1. The van der Waals surface area contributed by atoms with Crippen LogP contribution in [0.1, 0.15) is 0 Å². The van der Waals surface area contributed by atoms with Crippen molar-refractivity contribution in [3.05, 3.63) is 243 Å².